The summed E-state index contributed by atoms with van der Waals surface area (Å²) in [5.41, 5.74) is 6.96. The van der Waals surface area contributed by atoms with E-state index in [1.807, 2.05) is 0 Å². The molecule has 2 aliphatic rings. The molecule has 0 amide bonds. The quantitative estimate of drug-likeness (QED) is 0.849. The Bertz CT molecular complexity index is 414. The minimum Gasteiger partial charge on any atom is -0.368 e. The summed E-state index contributed by atoms with van der Waals surface area (Å²) >= 11 is 0. The number of piperidine rings is 1. The normalized spacial score (nSPS) is 25.0. The van der Waals surface area contributed by atoms with Gasteiger partial charge in [0.05, 0.1) is 5.69 Å². The molecule has 0 bridgehead atoms. The molecule has 0 radical (unpaired) electrons. The van der Waals surface area contributed by atoms with Crippen LogP contribution in [0.2, 0.25) is 0 Å². The SMILES string of the molecule is CC1CCCN(c2cc(C3CC3)nc(N)n2)C1. The minimum atomic E-state index is 0.433. The molecule has 4 heteroatoms. The Morgan fingerprint density at radius 1 is 1.29 bits per heavy atom. The maximum absolute atomic E-state index is 5.82. The van der Waals surface area contributed by atoms with Gasteiger partial charge in [0.1, 0.15) is 5.82 Å². The molecule has 4 nitrogen and oxygen atoms in total. The predicted octanol–water partition coefficient (Wildman–Crippen LogP) is 2.17. The van der Waals surface area contributed by atoms with Crippen molar-refractivity contribution >= 4 is 11.8 Å². The van der Waals surface area contributed by atoms with Crippen LogP contribution in [-0.2, 0) is 0 Å². The number of nitrogen functional groups attached to an aromatic ring is 1. The highest BCUT2D eigenvalue weighted by molar-refractivity contribution is 5.45. The first-order valence-electron chi connectivity index (χ1n) is 6.62. The first-order valence-corrected chi connectivity index (χ1v) is 6.62. The van der Waals surface area contributed by atoms with Crippen molar-refractivity contribution in [2.45, 2.75) is 38.5 Å². The van der Waals surface area contributed by atoms with Crippen molar-refractivity contribution in [1.82, 2.24) is 9.97 Å². The van der Waals surface area contributed by atoms with Crippen LogP contribution in [0, 0.1) is 5.92 Å². The van der Waals surface area contributed by atoms with Gasteiger partial charge < -0.3 is 10.6 Å². The molecule has 2 fully saturated rings. The number of aromatic nitrogens is 2. The monoisotopic (exact) mass is 232 g/mol. The van der Waals surface area contributed by atoms with Crippen LogP contribution in [0.3, 0.4) is 0 Å². The molecular formula is C13H20N4. The number of rotatable bonds is 2. The van der Waals surface area contributed by atoms with E-state index in [0.29, 0.717) is 11.9 Å². The summed E-state index contributed by atoms with van der Waals surface area (Å²) in [6, 6.07) is 2.14. The number of anilines is 2. The van der Waals surface area contributed by atoms with E-state index in [1.54, 1.807) is 0 Å². The van der Waals surface area contributed by atoms with Gasteiger partial charge in [0, 0.05) is 25.1 Å². The molecule has 2 heterocycles. The highest BCUT2D eigenvalue weighted by Gasteiger charge is 2.27. The van der Waals surface area contributed by atoms with Crippen LogP contribution in [-0.4, -0.2) is 23.1 Å². The molecule has 17 heavy (non-hydrogen) atoms. The Balaban J connectivity index is 1.85. The lowest BCUT2D eigenvalue weighted by Crippen LogP contribution is -2.35. The van der Waals surface area contributed by atoms with Crippen LogP contribution >= 0.6 is 0 Å². The van der Waals surface area contributed by atoms with E-state index in [2.05, 4.69) is 27.9 Å². The summed E-state index contributed by atoms with van der Waals surface area (Å²) < 4.78 is 0. The lowest BCUT2D eigenvalue weighted by atomic mass is 10.0. The molecule has 1 saturated carbocycles. The van der Waals surface area contributed by atoms with Gasteiger partial charge >= 0.3 is 0 Å². The topological polar surface area (TPSA) is 55.0 Å². The molecule has 1 atom stereocenters. The zero-order chi connectivity index (χ0) is 11.8. The first kappa shape index (κ1) is 10.8. The van der Waals surface area contributed by atoms with Crippen molar-refractivity contribution in [2.24, 2.45) is 5.92 Å². The fourth-order valence-corrected chi connectivity index (χ4v) is 2.62. The molecule has 0 aromatic carbocycles. The zero-order valence-electron chi connectivity index (χ0n) is 10.4. The van der Waals surface area contributed by atoms with E-state index in [1.165, 1.54) is 25.7 Å². The predicted molar refractivity (Wildman–Crippen MR) is 69.0 cm³/mol. The zero-order valence-corrected chi connectivity index (χ0v) is 10.4. The molecule has 92 valence electrons. The van der Waals surface area contributed by atoms with Gasteiger partial charge in [0.25, 0.3) is 0 Å². The van der Waals surface area contributed by atoms with Crippen molar-refractivity contribution in [2.75, 3.05) is 23.7 Å². The number of nitrogens with two attached hydrogens (primary N) is 1. The molecule has 1 aromatic rings. The van der Waals surface area contributed by atoms with Gasteiger partial charge in [0.15, 0.2) is 0 Å². The van der Waals surface area contributed by atoms with E-state index >= 15 is 0 Å². The summed E-state index contributed by atoms with van der Waals surface area (Å²) in [6.07, 6.45) is 5.09. The molecule has 1 aliphatic carbocycles. The molecule has 0 spiro atoms. The molecular weight excluding hydrogens is 212 g/mol. The summed E-state index contributed by atoms with van der Waals surface area (Å²) in [4.78, 5) is 11.1. The van der Waals surface area contributed by atoms with E-state index < -0.39 is 0 Å². The minimum absolute atomic E-state index is 0.433. The van der Waals surface area contributed by atoms with Gasteiger partial charge in [-0.1, -0.05) is 6.92 Å². The number of hydrogen-bond acceptors (Lipinski definition) is 4. The van der Waals surface area contributed by atoms with Crippen LogP contribution in [0.5, 0.6) is 0 Å². The fourth-order valence-electron chi connectivity index (χ4n) is 2.62. The number of nitrogens with zero attached hydrogens (tertiary/aromatic N) is 3. The van der Waals surface area contributed by atoms with Crippen LogP contribution in [0.15, 0.2) is 6.07 Å². The van der Waals surface area contributed by atoms with Crippen molar-refractivity contribution in [3.8, 4) is 0 Å². The summed E-state index contributed by atoms with van der Waals surface area (Å²) in [5, 5.41) is 0. The van der Waals surface area contributed by atoms with Gasteiger partial charge in [-0.25, -0.2) is 4.98 Å². The highest BCUT2D eigenvalue weighted by atomic mass is 15.2. The van der Waals surface area contributed by atoms with Crippen molar-refractivity contribution < 1.29 is 0 Å². The van der Waals surface area contributed by atoms with E-state index in [9.17, 15) is 0 Å². The second-order valence-corrected chi connectivity index (χ2v) is 5.48. The molecule has 3 rings (SSSR count). The Hall–Kier alpha value is -1.32. The third-order valence-electron chi connectivity index (χ3n) is 3.73. The molecule has 1 aromatic heterocycles. The fraction of sp³-hybridized carbons (Fsp3) is 0.692. The van der Waals surface area contributed by atoms with Crippen LogP contribution in [0.4, 0.5) is 11.8 Å². The standard InChI is InChI=1S/C13H20N4/c1-9-3-2-6-17(8-9)12-7-11(10-4-5-10)15-13(14)16-12/h7,9-10H,2-6,8H2,1H3,(H2,14,15,16). The van der Waals surface area contributed by atoms with Gasteiger partial charge in [0.2, 0.25) is 5.95 Å². The maximum Gasteiger partial charge on any atom is 0.222 e. The smallest absolute Gasteiger partial charge is 0.222 e. The van der Waals surface area contributed by atoms with Gasteiger partial charge in [-0.15, -0.1) is 0 Å². The van der Waals surface area contributed by atoms with Crippen LogP contribution < -0.4 is 10.6 Å². The summed E-state index contributed by atoms with van der Waals surface area (Å²) in [7, 11) is 0. The Morgan fingerprint density at radius 3 is 2.82 bits per heavy atom. The summed E-state index contributed by atoms with van der Waals surface area (Å²) in [6.45, 7) is 4.50. The van der Waals surface area contributed by atoms with Crippen molar-refractivity contribution in [3.05, 3.63) is 11.8 Å². The lowest BCUT2D eigenvalue weighted by Gasteiger charge is -2.32. The van der Waals surface area contributed by atoms with E-state index in [-0.39, 0.29) is 0 Å². The lowest BCUT2D eigenvalue weighted by molar-refractivity contribution is 0.444. The van der Waals surface area contributed by atoms with Crippen LogP contribution in [0.1, 0.15) is 44.2 Å². The van der Waals surface area contributed by atoms with Gasteiger partial charge in [-0.2, -0.15) is 4.98 Å². The van der Waals surface area contributed by atoms with Crippen LogP contribution in [0.25, 0.3) is 0 Å². The van der Waals surface area contributed by atoms with Crippen molar-refractivity contribution in [1.29, 1.82) is 0 Å². The second-order valence-electron chi connectivity index (χ2n) is 5.48. The van der Waals surface area contributed by atoms with Crippen molar-refractivity contribution in [3.63, 3.8) is 0 Å². The molecule has 1 unspecified atom stereocenters. The second kappa shape index (κ2) is 4.17. The van der Waals surface area contributed by atoms with E-state index in [0.717, 1.165) is 30.5 Å². The third kappa shape index (κ3) is 2.35. The average molecular weight is 232 g/mol. The average Bonchev–Trinajstić information content (AvgIpc) is 3.12. The molecule has 1 saturated heterocycles. The Kier molecular flexibility index (Phi) is 2.65. The Morgan fingerprint density at radius 2 is 2.12 bits per heavy atom. The van der Waals surface area contributed by atoms with Gasteiger partial charge in [-0.05, 0) is 31.6 Å². The number of hydrogen-bond donors (Lipinski definition) is 1. The highest BCUT2D eigenvalue weighted by Crippen LogP contribution is 2.40. The molecule has 2 N–H and O–H groups in total. The summed E-state index contributed by atoms with van der Waals surface area (Å²) in [5.74, 6) is 2.86. The first-order chi connectivity index (χ1) is 8.22. The van der Waals surface area contributed by atoms with E-state index in [4.69, 9.17) is 5.73 Å². The largest absolute Gasteiger partial charge is 0.368 e. The Labute approximate surface area is 102 Å². The maximum atomic E-state index is 5.82. The van der Waals surface area contributed by atoms with Gasteiger partial charge in [-0.3, -0.25) is 0 Å². The molecule has 1 aliphatic heterocycles. The third-order valence-corrected chi connectivity index (χ3v) is 3.73.